The van der Waals surface area contributed by atoms with E-state index in [1.807, 2.05) is 65.5 Å². The van der Waals surface area contributed by atoms with Crippen molar-refractivity contribution in [2.24, 2.45) is 0 Å². The van der Waals surface area contributed by atoms with Gasteiger partial charge in [0.05, 0.1) is 29.5 Å². The van der Waals surface area contributed by atoms with Crippen molar-refractivity contribution < 1.29 is 13.6 Å². The van der Waals surface area contributed by atoms with Crippen LogP contribution >= 0.6 is 0 Å². The number of pyridine rings is 1. The van der Waals surface area contributed by atoms with Crippen LogP contribution in [0.5, 0.6) is 0 Å². The van der Waals surface area contributed by atoms with Gasteiger partial charge in [-0.05, 0) is 42.3 Å². The molecule has 1 amide bonds. The summed E-state index contributed by atoms with van der Waals surface area (Å²) in [7, 11) is 0. The van der Waals surface area contributed by atoms with E-state index in [-0.39, 0.29) is 6.04 Å². The molecular formula is C25H23F2N5O. The Bertz CT molecular complexity index is 1270. The molecule has 0 spiro atoms. The lowest BCUT2D eigenvalue weighted by molar-refractivity contribution is -0.143. The Morgan fingerprint density at radius 1 is 1.06 bits per heavy atom. The third-order valence-electron chi connectivity index (χ3n) is 6.04. The maximum Gasteiger partial charge on any atom is 0.321 e. The molecule has 1 aliphatic heterocycles. The summed E-state index contributed by atoms with van der Waals surface area (Å²) in [6.45, 7) is 1.25. The van der Waals surface area contributed by atoms with E-state index >= 15 is 0 Å². The number of hydrogen-bond acceptors (Lipinski definition) is 4. The van der Waals surface area contributed by atoms with Gasteiger partial charge in [0, 0.05) is 36.9 Å². The summed E-state index contributed by atoms with van der Waals surface area (Å²) in [5.74, 6) is -4.67. The Morgan fingerprint density at radius 3 is 2.55 bits per heavy atom. The van der Waals surface area contributed by atoms with Gasteiger partial charge >= 0.3 is 5.92 Å². The van der Waals surface area contributed by atoms with Gasteiger partial charge in [-0.2, -0.15) is 13.9 Å². The average molecular weight is 447 g/mol. The second-order valence-corrected chi connectivity index (χ2v) is 8.31. The highest BCUT2D eigenvalue weighted by Gasteiger charge is 2.40. The number of amides is 1. The molecule has 0 saturated carbocycles. The normalized spacial score (nSPS) is 18.6. The summed E-state index contributed by atoms with van der Waals surface area (Å²) in [5, 5.41) is 8.06. The smallest absolute Gasteiger partial charge is 0.321 e. The van der Waals surface area contributed by atoms with Crippen LogP contribution in [0.3, 0.4) is 0 Å². The summed E-state index contributed by atoms with van der Waals surface area (Å²) >= 11 is 0. The van der Waals surface area contributed by atoms with Gasteiger partial charge in [-0.3, -0.25) is 9.78 Å². The molecule has 2 aromatic heterocycles. The van der Waals surface area contributed by atoms with Crippen molar-refractivity contribution in [3.05, 3.63) is 84.8 Å². The van der Waals surface area contributed by atoms with Gasteiger partial charge in [0.25, 0.3) is 5.91 Å². The standard InChI is InChI=1S/C25H23F2N5O/c1-25(26,27)24(33)30-21-11-14-31(23(21)17-5-3-2-4-6-17)20-7-8-22-18(15-20)16-29-32(22)19-9-12-28-13-10-19/h2-10,12-13,15-16,21,23H,11,14H2,1H3,(H,30,33). The van der Waals surface area contributed by atoms with Gasteiger partial charge in [-0.1, -0.05) is 30.3 Å². The fraction of sp³-hybridized carbons (Fsp3) is 0.240. The van der Waals surface area contributed by atoms with E-state index in [0.29, 0.717) is 19.9 Å². The van der Waals surface area contributed by atoms with Crippen molar-refractivity contribution >= 4 is 22.5 Å². The molecule has 33 heavy (non-hydrogen) atoms. The van der Waals surface area contributed by atoms with Crippen LogP contribution in [-0.2, 0) is 4.79 Å². The average Bonchev–Trinajstić information content (AvgIpc) is 3.43. The number of rotatable bonds is 5. The molecule has 6 nitrogen and oxygen atoms in total. The number of hydrogen-bond donors (Lipinski definition) is 1. The zero-order valence-corrected chi connectivity index (χ0v) is 18.0. The van der Waals surface area contributed by atoms with Crippen LogP contribution in [-0.4, -0.2) is 39.2 Å². The van der Waals surface area contributed by atoms with Crippen LogP contribution in [0.25, 0.3) is 16.6 Å². The first-order valence-electron chi connectivity index (χ1n) is 10.8. The number of nitrogens with zero attached hydrogens (tertiary/aromatic N) is 4. The van der Waals surface area contributed by atoms with E-state index < -0.39 is 17.9 Å². The summed E-state index contributed by atoms with van der Waals surface area (Å²) in [6.07, 6.45) is 5.82. The largest absolute Gasteiger partial charge is 0.362 e. The quantitative estimate of drug-likeness (QED) is 0.489. The van der Waals surface area contributed by atoms with Crippen LogP contribution in [0.2, 0.25) is 0 Å². The zero-order valence-electron chi connectivity index (χ0n) is 18.0. The van der Waals surface area contributed by atoms with Crippen LogP contribution in [0, 0.1) is 0 Å². The lowest BCUT2D eigenvalue weighted by atomic mass is 9.99. The third kappa shape index (κ3) is 4.04. The van der Waals surface area contributed by atoms with Crippen LogP contribution in [0.15, 0.2) is 79.3 Å². The predicted molar refractivity (Wildman–Crippen MR) is 123 cm³/mol. The van der Waals surface area contributed by atoms with Crippen LogP contribution in [0.1, 0.15) is 24.9 Å². The first-order valence-corrected chi connectivity index (χ1v) is 10.8. The molecular weight excluding hydrogens is 424 g/mol. The molecule has 2 atom stereocenters. The van der Waals surface area contributed by atoms with Gasteiger partial charge in [0.15, 0.2) is 0 Å². The van der Waals surface area contributed by atoms with Gasteiger partial charge in [0.2, 0.25) is 0 Å². The van der Waals surface area contributed by atoms with Gasteiger partial charge in [0.1, 0.15) is 0 Å². The lowest BCUT2D eigenvalue weighted by Crippen LogP contribution is -2.46. The maximum absolute atomic E-state index is 13.6. The summed E-state index contributed by atoms with van der Waals surface area (Å²) in [5.41, 5.74) is 3.79. The Balaban J connectivity index is 1.50. The van der Waals surface area contributed by atoms with Crippen molar-refractivity contribution in [3.63, 3.8) is 0 Å². The monoisotopic (exact) mass is 447 g/mol. The van der Waals surface area contributed by atoms with Crippen LogP contribution < -0.4 is 10.2 Å². The number of carbonyl (C=O) groups excluding carboxylic acids is 1. The van der Waals surface area contributed by atoms with Crippen molar-refractivity contribution in [3.8, 4) is 5.69 Å². The molecule has 0 aliphatic carbocycles. The lowest BCUT2D eigenvalue weighted by Gasteiger charge is -2.31. The Morgan fingerprint density at radius 2 is 1.82 bits per heavy atom. The van der Waals surface area contributed by atoms with Crippen molar-refractivity contribution in [1.29, 1.82) is 0 Å². The topological polar surface area (TPSA) is 63.1 Å². The number of alkyl halides is 2. The number of anilines is 1. The minimum atomic E-state index is -3.42. The minimum Gasteiger partial charge on any atom is -0.362 e. The van der Waals surface area contributed by atoms with Crippen molar-refractivity contribution in [1.82, 2.24) is 20.1 Å². The van der Waals surface area contributed by atoms with Crippen LogP contribution in [0.4, 0.5) is 14.5 Å². The second kappa shape index (κ2) is 8.27. The first-order chi connectivity index (χ1) is 15.9. The number of halogens is 2. The molecule has 8 heteroatoms. The SMILES string of the molecule is CC(F)(F)C(=O)NC1CCN(c2ccc3c(cnn3-c3ccncc3)c2)C1c1ccccc1. The molecule has 4 aromatic rings. The number of benzene rings is 2. The molecule has 5 rings (SSSR count). The molecule has 3 heterocycles. The Labute approximate surface area is 189 Å². The molecule has 2 aromatic carbocycles. The number of fused-ring (bicyclic) bond motifs is 1. The van der Waals surface area contributed by atoms with Crippen molar-refractivity contribution in [2.75, 3.05) is 11.4 Å². The molecule has 1 saturated heterocycles. The van der Waals surface area contributed by atoms with E-state index in [1.165, 1.54) is 0 Å². The molecule has 1 aliphatic rings. The number of aromatic nitrogens is 3. The molecule has 1 N–H and O–H groups in total. The van der Waals surface area contributed by atoms with E-state index in [9.17, 15) is 13.6 Å². The molecule has 0 radical (unpaired) electrons. The van der Waals surface area contributed by atoms with Gasteiger partial charge < -0.3 is 10.2 Å². The minimum absolute atomic E-state index is 0.259. The zero-order chi connectivity index (χ0) is 23.0. The molecule has 1 fully saturated rings. The highest BCUT2D eigenvalue weighted by Crippen LogP contribution is 2.38. The molecule has 168 valence electrons. The number of carbonyl (C=O) groups is 1. The van der Waals surface area contributed by atoms with Crippen molar-refractivity contribution in [2.45, 2.75) is 31.4 Å². The van der Waals surface area contributed by atoms with E-state index in [1.54, 1.807) is 12.4 Å². The fourth-order valence-corrected chi connectivity index (χ4v) is 4.48. The van der Waals surface area contributed by atoms with E-state index in [4.69, 9.17) is 0 Å². The number of nitrogens with one attached hydrogen (secondary N) is 1. The first kappa shape index (κ1) is 21.1. The van der Waals surface area contributed by atoms with Gasteiger partial charge in [-0.25, -0.2) is 4.68 Å². The summed E-state index contributed by atoms with van der Waals surface area (Å²) < 4.78 is 29.0. The molecule has 2 unspecified atom stereocenters. The highest BCUT2D eigenvalue weighted by atomic mass is 19.3. The Kier molecular flexibility index (Phi) is 5.28. The summed E-state index contributed by atoms with van der Waals surface area (Å²) in [6, 6.07) is 18.8. The maximum atomic E-state index is 13.6. The fourth-order valence-electron chi connectivity index (χ4n) is 4.48. The summed E-state index contributed by atoms with van der Waals surface area (Å²) in [4.78, 5) is 18.3. The predicted octanol–water partition coefficient (Wildman–Crippen LogP) is 4.51. The van der Waals surface area contributed by atoms with E-state index in [0.717, 1.165) is 27.8 Å². The third-order valence-corrected chi connectivity index (χ3v) is 6.04. The molecule has 0 bridgehead atoms. The Hall–Kier alpha value is -3.81. The van der Waals surface area contributed by atoms with E-state index in [2.05, 4.69) is 26.4 Å². The second-order valence-electron chi connectivity index (χ2n) is 8.31. The van der Waals surface area contributed by atoms with Gasteiger partial charge in [-0.15, -0.1) is 0 Å². The highest BCUT2D eigenvalue weighted by molar-refractivity contribution is 5.85.